The van der Waals surface area contributed by atoms with Crippen LogP contribution in [0.1, 0.15) is 21.6 Å². The molecule has 5 rings (SSSR count). The van der Waals surface area contributed by atoms with E-state index in [-0.39, 0.29) is 23.3 Å². The molecule has 0 fully saturated rings. The van der Waals surface area contributed by atoms with E-state index in [2.05, 4.69) is 4.98 Å². The maximum absolute atomic E-state index is 13.6. The lowest BCUT2D eigenvalue weighted by molar-refractivity contribution is 0.0973. The highest BCUT2D eigenvalue weighted by Crippen LogP contribution is 2.32. The van der Waals surface area contributed by atoms with Crippen molar-refractivity contribution in [3.63, 3.8) is 0 Å². The summed E-state index contributed by atoms with van der Waals surface area (Å²) in [4.78, 5) is 43.0. The van der Waals surface area contributed by atoms with Crippen molar-refractivity contribution in [1.29, 1.82) is 0 Å². The van der Waals surface area contributed by atoms with Gasteiger partial charge < -0.3 is 9.55 Å². The Morgan fingerprint density at radius 2 is 1.76 bits per heavy atom. The average molecular weight is 537 g/mol. The van der Waals surface area contributed by atoms with Crippen LogP contribution in [0.5, 0.6) is 0 Å². The lowest BCUT2D eigenvalue weighted by Gasteiger charge is -2.13. The molecule has 0 spiro atoms. The van der Waals surface area contributed by atoms with Gasteiger partial charge in [-0.1, -0.05) is 53.6 Å². The molecular formula is C26H21ClN4O5S. The lowest BCUT2D eigenvalue weighted by Crippen LogP contribution is -2.37. The number of halogens is 1. The van der Waals surface area contributed by atoms with Crippen molar-refractivity contribution in [1.82, 2.24) is 18.8 Å². The minimum Gasteiger partial charge on any atom is -0.330 e. The van der Waals surface area contributed by atoms with Crippen LogP contribution in [0.15, 0.2) is 76.3 Å². The van der Waals surface area contributed by atoms with Crippen molar-refractivity contribution in [2.24, 2.45) is 0 Å². The molecule has 0 radical (unpaired) electrons. The number of aryl methyl sites for hydroxylation is 1. The Balaban J connectivity index is 1.93. The number of H-pyrrole nitrogens is 1. The highest BCUT2D eigenvalue weighted by molar-refractivity contribution is 7.89. The maximum Gasteiger partial charge on any atom is 0.333 e. The second kappa shape index (κ2) is 9.06. The number of rotatable bonds is 5. The number of sulfonamides is 1. The molecule has 188 valence electrons. The minimum atomic E-state index is -3.98. The molecule has 2 aromatic heterocycles. The van der Waals surface area contributed by atoms with Crippen molar-refractivity contribution >= 4 is 49.3 Å². The van der Waals surface area contributed by atoms with Crippen LogP contribution >= 0.6 is 11.6 Å². The summed E-state index contributed by atoms with van der Waals surface area (Å²) in [6, 6.07) is 18.9. The summed E-state index contributed by atoms with van der Waals surface area (Å²) >= 11 is 6.30. The topological polar surface area (TPSA) is 123 Å². The first kappa shape index (κ1) is 24.5. The van der Waals surface area contributed by atoms with E-state index in [1.54, 1.807) is 41.0 Å². The molecule has 0 aliphatic rings. The van der Waals surface area contributed by atoms with Gasteiger partial charge in [-0.25, -0.2) is 22.5 Å². The Bertz CT molecular complexity index is 1950. The van der Waals surface area contributed by atoms with Crippen LogP contribution in [-0.4, -0.2) is 34.7 Å². The number of nitrogens with zero attached hydrogens (tertiary/aromatic N) is 2. The molecule has 9 nitrogen and oxygen atoms in total. The third kappa shape index (κ3) is 4.56. The molecule has 5 aromatic rings. The predicted molar refractivity (Wildman–Crippen MR) is 143 cm³/mol. The van der Waals surface area contributed by atoms with Crippen LogP contribution in [0.4, 0.5) is 0 Å². The fourth-order valence-corrected chi connectivity index (χ4v) is 5.11. The van der Waals surface area contributed by atoms with E-state index in [9.17, 15) is 22.8 Å². The van der Waals surface area contributed by atoms with Gasteiger partial charge in [-0.15, -0.1) is 0 Å². The standard InChI is InChI=1S/C26H21ClN4O5S/c1-15-6-5-7-16(12-15)14-30-21-11-10-17(27)13-19(21)22(23(30)24(32)29-37(2,35)36)31-25(33)18-8-3-4-9-20(18)28-26(31)34/h3-13H,14H2,1-2H3,(H,28,34)(H,29,32). The van der Waals surface area contributed by atoms with E-state index in [1.807, 2.05) is 35.9 Å². The van der Waals surface area contributed by atoms with Crippen LogP contribution in [0, 0.1) is 6.92 Å². The summed E-state index contributed by atoms with van der Waals surface area (Å²) in [6.07, 6.45) is 0.851. The van der Waals surface area contributed by atoms with Gasteiger partial charge in [0, 0.05) is 17.0 Å². The number of amides is 1. The summed E-state index contributed by atoms with van der Waals surface area (Å²) in [7, 11) is -3.98. The van der Waals surface area contributed by atoms with E-state index >= 15 is 0 Å². The van der Waals surface area contributed by atoms with Crippen molar-refractivity contribution in [2.75, 3.05) is 6.26 Å². The number of nitrogens with one attached hydrogen (secondary N) is 2. The monoisotopic (exact) mass is 536 g/mol. The zero-order chi connectivity index (χ0) is 26.5. The van der Waals surface area contributed by atoms with Gasteiger partial charge >= 0.3 is 5.69 Å². The second-order valence-electron chi connectivity index (χ2n) is 8.75. The van der Waals surface area contributed by atoms with Crippen LogP contribution in [0.25, 0.3) is 27.5 Å². The number of carbonyl (C=O) groups is 1. The van der Waals surface area contributed by atoms with Gasteiger partial charge in [0.1, 0.15) is 5.69 Å². The lowest BCUT2D eigenvalue weighted by atomic mass is 10.1. The third-order valence-corrected chi connectivity index (χ3v) is 6.74. The SMILES string of the molecule is Cc1cccc(Cn2c(C(=O)NS(C)(=O)=O)c(-n3c(=O)[nH]c4ccccc4c3=O)c3cc(Cl)ccc32)c1. The molecule has 11 heteroatoms. The highest BCUT2D eigenvalue weighted by Gasteiger charge is 2.28. The molecule has 1 amide bonds. The first-order valence-corrected chi connectivity index (χ1v) is 13.4. The first-order chi connectivity index (χ1) is 17.5. The van der Waals surface area contributed by atoms with Crippen molar-refractivity contribution in [3.8, 4) is 5.69 Å². The molecule has 0 unspecified atom stereocenters. The third-order valence-electron chi connectivity index (χ3n) is 5.94. The first-order valence-electron chi connectivity index (χ1n) is 11.2. The Hall–Kier alpha value is -4.15. The van der Waals surface area contributed by atoms with Gasteiger partial charge in [0.05, 0.1) is 28.4 Å². The molecule has 2 heterocycles. The van der Waals surface area contributed by atoms with Gasteiger partial charge in [-0.2, -0.15) is 0 Å². The molecule has 0 saturated heterocycles. The van der Waals surface area contributed by atoms with Gasteiger partial charge in [0.15, 0.2) is 0 Å². The quantitative estimate of drug-likeness (QED) is 0.357. The number of para-hydroxylation sites is 1. The maximum atomic E-state index is 13.6. The number of hydrogen-bond acceptors (Lipinski definition) is 5. The molecule has 0 saturated carbocycles. The molecule has 37 heavy (non-hydrogen) atoms. The number of carbonyl (C=O) groups excluding carboxylic acids is 1. The number of fused-ring (bicyclic) bond motifs is 2. The largest absolute Gasteiger partial charge is 0.333 e. The van der Waals surface area contributed by atoms with Gasteiger partial charge in [0.2, 0.25) is 10.0 Å². The van der Waals surface area contributed by atoms with Crippen LogP contribution in [-0.2, 0) is 16.6 Å². The molecule has 3 aromatic carbocycles. The Morgan fingerprint density at radius 1 is 1.00 bits per heavy atom. The summed E-state index contributed by atoms with van der Waals surface area (Å²) in [6.45, 7) is 2.08. The van der Waals surface area contributed by atoms with Crippen LogP contribution < -0.4 is 16.0 Å². The molecule has 0 atom stereocenters. The average Bonchev–Trinajstić information content (AvgIpc) is 3.11. The van der Waals surface area contributed by atoms with E-state index in [0.717, 1.165) is 21.9 Å². The number of aromatic amines is 1. The van der Waals surface area contributed by atoms with Crippen LogP contribution in [0.2, 0.25) is 5.02 Å². The Morgan fingerprint density at radius 3 is 2.49 bits per heavy atom. The summed E-state index contributed by atoms with van der Waals surface area (Å²) in [5.41, 5.74) is 0.939. The fraction of sp³-hybridized carbons (Fsp3) is 0.115. The van der Waals surface area contributed by atoms with E-state index < -0.39 is 27.2 Å². The molecule has 0 aliphatic heterocycles. The fourth-order valence-electron chi connectivity index (χ4n) is 4.51. The predicted octanol–water partition coefficient (Wildman–Crippen LogP) is 3.33. The van der Waals surface area contributed by atoms with Gasteiger partial charge in [-0.3, -0.25) is 9.59 Å². The number of benzene rings is 3. The Labute approximate surface area is 216 Å². The van der Waals surface area contributed by atoms with E-state index in [1.165, 1.54) is 6.07 Å². The minimum absolute atomic E-state index is 0.0664. The van der Waals surface area contributed by atoms with E-state index in [0.29, 0.717) is 21.4 Å². The normalized spacial score (nSPS) is 11.8. The van der Waals surface area contributed by atoms with Crippen LogP contribution in [0.3, 0.4) is 0 Å². The summed E-state index contributed by atoms with van der Waals surface area (Å²) < 4.78 is 28.5. The molecule has 2 N–H and O–H groups in total. The zero-order valence-corrected chi connectivity index (χ0v) is 21.4. The highest BCUT2D eigenvalue weighted by atomic mass is 35.5. The number of aromatic nitrogens is 3. The van der Waals surface area contributed by atoms with Crippen molar-refractivity contribution < 1.29 is 13.2 Å². The summed E-state index contributed by atoms with van der Waals surface area (Å²) in [5.74, 6) is -0.989. The number of hydrogen-bond donors (Lipinski definition) is 2. The molecule has 0 bridgehead atoms. The van der Waals surface area contributed by atoms with Gasteiger partial charge in [0.25, 0.3) is 11.5 Å². The zero-order valence-electron chi connectivity index (χ0n) is 19.8. The second-order valence-corrected chi connectivity index (χ2v) is 10.9. The van der Waals surface area contributed by atoms with Gasteiger partial charge in [-0.05, 0) is 42.8 Å². The molecule has 0 aliphatic carbocycles. The smallest absolute Gasteiger partial charge is 0.330 e. The summed E-state index contributed by atoms with van der Waals surface area (Å²) in [5, 5.41) is 0.863. The molecular weight excluding hydrogens is 516 g/mol. The van der Waals surface area contributed by atoms with Crippen molar-refractivity contribution in [2.45, 2.75) is 13.5 Å². The Kier molecular flexibility index (Phi) is 6.01. The van der Waals surface area contributed by atoms with E-state index in [4.69, 9.17) is 11.6 Å². The van der Waals surface area contributed by atoms with Crippen molar-refractivity contribution in [3.05, 3.63) is 109 Å².